The molecule has 0 aliphatic carbocycles. The Bertz CT molecular complexity index is 990. The van der Waals surface area contributed by atoms with Crippen molar-refractivity contribution < 1.29 is 18.3 Å². The van der Waals surface area contributed by atoms with Crippen LogP contribution in [0.5, 0.6) is 5.75 Å². The van der Waals surface area contributed by atoms with Gasteiger partial charge in [-0.3, -0.25) is 4.79 Å². The van der Waals surface area contributed by atoms with Gasteiger partial charge in [-0.15, -0.1) is 0 Å². The van der Waals surface area contributed by atoms with Crippen LogP contribution in [0.3, 0.4) is 0 Å². The standard InChI is InChI=1S/C20H21FN4O3/c1-4-14-5-7-15(8-6-14)27-12-16-9-10-18(28-16)20(26)23-22-11-17-13(2)24-25(3)19(17)21/h5-11H,4,12H2,1-3H3,(H,23,26)/b22-11+. The molecule has 0 saturated carbocycles. The normalized spacial score (nSPS) is 11.1. The number of aryl methyl sites for hydroxylation is 3. The molecule has 0 radical (unpaired) electrons. The van der Waals surface area contributed by atoms with Crippen molar-refractivity contribution in [3.05, 3.63) is 70.7 Å². The monoisotopic (exact) mass is 384 g/mol. The Labute approximate surface area is 161 Å². The minimum atomic E-state index is -0.545. The molecule has 8 heteroatoms. The third-order valence-corrected chi connectivity index (χ3v) is 4.15. The van der Waals surface area contributed by atoms with E-state index in [4.69, 9.17) is 9.15 Å². The zero-order valence-electron chi connectivity index (χ0n) is 15.9. The van der Waals surface area contributed by atoms with Crippen molar-refractivity contribution in [3.8, 4) is 5.75 Å². The predicted molar refractivity (Wildman–Crippen MR) is 102 cm³/mol. The first-order chi connectivity index (χ1) is 13.5. The molecule has 0 spiro atoms. The largest absolute Gasteiger partial charge is 0.486 e. The van der Waals surface area contributed by atoms with Gasteiger partial charge in [0.05, 0.1) is 17.5 Å². The van der Waals surface area contributed by atoms with Crippen molar-refractivity contribution in [2.45, 2.75) is 26.9 Å². The summed E-state index contributed by atoms with van der Waals surface area (Å²) in [6.45, 7) is 3.94. The number of ether oxygens (including phenoxy) is 1. The van der Waals surface area contributed by atoms with Crippen LogP contribution in [0, 0.1) is 12.9 Å². The molecule has 2 aromatic heterocycles. The van der Waals surface area contributed by atoms with E-state index in [-0.39, 0.29) is 17.9 Å². The van der Waals surface area contributed by atoms with Crippen LogP contribution in [-0.2, 0) is 20.1 Å². The third-order valence-electron chi connectivity index (χ3n) is 4.15. The van der Waals surface area contributed by atoms with E-state index in [1.54, 1.807) is 13.0 Å². The molecule has 0 saturated heterocycles. The number of nitrogens with zero attached hydrogens (tertiary/aromatic N) is 3. The van der Waals surface area contributed by atoms with Crippen LogP contribution >= 0.6 is 0 Å². The fourth-order valence-corrected chi connectivity index (χ4v) is 2.56. The first-order valence-corrected chi connectivity index (χ1v) is 8.81. The molecule has 0 atom stereocenters. The second-order valence-electron chi connectivity index (χ2n) is 6.16. The molecule has 146 valence electrons. The van der Waals surface area contributed by atoms with E-state index >= 15 is 0 Å². The Kier molecular flexibility index (Phi) is 5.88. The highest BCUT2D eigenvalue weighted by molar-refractivity contribution is 5.92. The highest BCUT2D eigenvalue weighted by Gasteiger charge is 2.13. The van der Waals surface area contributed by atoms with Crippen molar-refractivity contribution in [1.82, 2.24) is 15.2 Å². The number of rotatable bonds is 7. The van der Waals surface area contributed by atoms with Crippen LogP contribution < -0.4 is 10.2 Å². The van der Waals surface area contributed by atoms with Gasteiger partial charge in [-0.25, -0.2) is 10.1 Å². The number of hydrazone groups is 1. The summed E-state index contributed by atoms with van der Waals surface area (Å²) in [5, 5.41) is 7.69. The zero-order valence-corrected chi connectivity index (χ0v) is 15.9. The summed E-state index contributed by atoms with van der Waals surface area (Å²) in [5.74, 6) is 0.234. The number of nitrogens with one attached hydrogen (secondary N) is 1. The number of benzene rings is 1. The lowest BCUT2D eigenvalue weighted by atomic mass is 10.2. The summed E-state index contributed by atoms with van der Waals surface area (Å²) in [6.07, 6.45) is 2.18. The summed E-state index contributed by atoms with van der Waals surface area (Å²) >= 11 is 0. The van der Waals surface area contributed by atoms with E-state index in [0.29, 0.717) is 11.5 Å². The van der Waals surface area contributed by atoms with Gasteiger partial charge in [0, 0.05) is 7.05 Å². The van der Waals surface area contributed by atoms with Crippen LogP contribution in [-0.4, -0.2) is 21.9 Å². The highest BCUT2D eigenvalue weighted by atomic mass is 19.1. The number of halogens is 1. The molecule has 0 aliphatic heterocycles. The summed E-state index contributed by atoms with van der Waals surface area (Å²) in [5.41, 5.74) is 4.22. The molecule has 1 amide bonds. The van der Waals surface area contributed by atoms with Crippen LogP contribution in [0.2, 0.25) is 0 Å². The maximum Gasteiger partial charge on any atom is 0.307 e. The van der Waals surface area contributed by atoms with Gasteiger partial charge in [0.1, 0.15) is 18.1 Å². The minimum Gasteiger partial charge on any atom is -0.486 e. The lowest BCUT2D eigenvalue weighted by Gasteiger charge is -2.05. The number of hydrogen-bond donors (Lipinski definition) is 1. The van der Waals surface area contributed by atoms with Gasteiger partial charge in [-0.1, -0.05) is 19.1 Å². The van der Waals surface area contributed by atoms with E-state index in [2.05, 4.69) is 22.5 Å². The average molecular weight is 384 g/mol. The molecule has 1 aromatic carbocycles. The lowest BCUT2D eigenvalue weighted by Crippen LogP contribution is -2.17. The molecule has 28 heavy (non-hydrogen) atoms. The summed E-state index contributed by atoms with van der Waals surface area (Å²) < 4.78 is 26.0. The topological polar surface area (TPSA) is 81.6 Å². The number of furan rings is 1. The summed E-state index contributed by atoms with van der Waals surface area (Å²) in [7, 11) is 1.49. The Hall–Kier alpha value is -3.42. The van der Waals surface area contributed by atoms with Crippen molar-refractivity contribution in [1.29, 1.82) is 0 Å². The van der Waals surface area contributed by atoms with Crippen molar-refractivity contribution >= 4 is 12.1 Å². The van der Waals surface area contributed by atoms with Crippen molar-refractivity contribution in [2.24, 2.45) is 12.1 Å². The number of carbonyl (C=O) groups excluding carboxylic acids is 1. The van der Waals surface area contributed by atoms with Crippen molar-refractivity contribution in [3.63, 3.8) is 0 Å². The molecule has 0 aliphatic rings. The van der Waals surface area contributed by atoms with E-state index in [0.717, 1.165) is 16.9 Å². The summed E-state index contributed by atoms with van der Waals surface area (Å²) in [4.78, 5) is 12.1. The number of carbonyl (C=O) groups is 1. The van der Waals surface area contributed by atoms with Gasteiger partial charge >= 0.3 is 5.91 Å². The molecular weight excluding hydrogens is 363 g/mol. The number of amides is 1. The highest BCUT2D eigenvalue weighted by Crippen LogP contribution is 2.16. The Balaban J connectivity index is 1.55. The fourth-order valence-electron chi connectivity index (χ4n) is 2.56. The average Bonchev–Trinajstić information content (AvgIpc) is 3.26. The van der Waals surface area contributed by atoms with E-state index in [9.17, 15) is 9.18 Å². The van der Waals surface area contributed by atoms with Gasteiger partial charge in [-0.2, -0.15) is 14.6 Å². The second kappa shape index (κ2) is 8.51. The predicted octanol–water partition coefficient (Wildman–Crippen LogP) is 3.37. The van der Waals surface area contributed by atoms with Gasteiger partial charge in [0.2, 0.25) is 5.95 Å². The van der Waals surface area contributed by atoms with Gasteiger partial charge in [0.15, 0.2) is 5.76 Å². The lowest BCUT2D eigenvalue weighted by molar-refractivity contribution is 0.0923. The maximum absolute atomic E-state index is 13.8. The second-order valence-corrected chi connectivity index (χ2v) is 6.16. The summed E-state index contributed by atoms with van der Waals surface area (Å²) in [6, 6.07) is 11.0. The molecule has 7 nitrogen and oxygen atoms in total. The molecule has 0 fully saturated rings. The zero-order chi connectivity index (χ0) is 20.1. The maximum atomic E-state index is 13.8. The fraction of sp³-hybridized carbons (Fsp3) is 0.250. The first-order valence-electron chi connectivity index (χ1n) is 8.81. The molecule has 0 bridgehead atoms. The Morgan fingerprint density at radius 2 is 2.07 bits per heavy atom. The molecular formula is C20H21FN4O3. The molecule has 3 rings (SSSR count). The minimum absolute atomic E-state index is 0.0838. The third kappa shape index (κ3) is 4.46. The Morgan fingerprint density at radius 3 is 2.71 bits per heavy atom. The van der Waals surface area contributed by atoms with E-state index in [1.165, 1.54) is 24.9 Å². The van der Waals surface area contributed by atoms with Crippen LogP contribution in [0.1, 0.15) is 40.1 Å². The molecule has 1 N–H and O–H groups in total. The number of hydrogen-bond acceptors (Lipinski definition) is 5. The van der Waals surface area contributed by atoms with Gasteiger partial charge < -0.3 is 9.15 Å². The van der Waals surface area contributed by atoms with E-state index in [1.807, 2.05) is 24.3 Å². The molecule has 2 heterocycles. The quantitative estimate of drug-likeness (QED) is 0.500. The van der Waals surface area contributed by atoms with E-state index < -0.39 is 11.9 Å². The molecule has 3 aromatic rings. The smallest absolute Gasteiger partial charge is 0.307 e. The first kappa shape index (κ1) is 19.3. The molecule has 0 unspecified atom stereocenters. The number of aromatic nitrogens is 2. The van der Waals surface area contributed by atoms with Crippen molar-refractivity contribution in [2.75, 3.05) is 0 Å². The SMILES string of the molecule is CCc1ccc(OCc2ccc(C(=O)N/N=C/c3c(C)nn(C)c3F)o2)cc1. The van der Waals surface area contributed by atoms with Gasteiger partial charge in [-0.05, 0) is 43.2 Å². The van der Waals surface area contributed by atoms with Gasteiger partial charge in [0.25, 0.3) is 0 Å². The van der Waals surface area contributed by atoms with Crippen LogP contribution in [0.4, 0.5) is 4.39 Å². The van der Waals surface area contributed by atoms with Crippen LogP contribution in [0.25, 0.3) is 0 Å². The Morgan fingerprint density at radius 1 is 1.32 bits per heavy atom. The van der Waals surface area contributed by atoms with Crippen LogP contribution in [0.15, 0.2) is 45.9 Å².